The molecular weight excluding hydrogens is 1020 g/mol. The van der Waals surface area contributed by atoms with Crippen LogP contribution in [0.25, 0.3) is 61.4 Å². The number of carbonyl (C=O) groups excluding carboxylic acids is 3. The maximum atomic E-state index is 12.3. The second kappa shape index (κ2) is 23.4. The fourth-order valence-corrected chi connectivity index (χ4v) is 11.5. The number of anilines is 2. The van der Waals surface area contributed by atoms with Gasteiger partial charge in [0.25, 0.3) is 5.97 Å². The van der Waals surface area contributed by atoms with Crippen LogP contribution in [0.15, 0.2) is 115 Å². The summed E-state index contributed by atoms with van der Waals surface area (Å²) in [5, 5.41) is 2.38. The predicted molar refractivity (Wildman–Crippen MR) is 305 cm³/mol. The van der Waals surface area contributed by atoms with Crippen molar-refractivity contribution in [1.29, 1.82) is 0 Å². The van der Waals surface area contributed by atoms with E-state index in [9.17, 15) is 14.4 Å². The first kappa shape index (κ1) is 54.6. The van der Waals surface area contributed by atoms with Crippen LogP contribution in [0.3, 0.4) is 0 Å². The van der Waals surface area contributed by atoms with Crippen LogP contribution >= 0.6 is 0 Å². The van der Waals surface area contributed by atoms with Gasteiger partial charge in [-0.05, 0) is 93.8 Å². The number of para-hydroxylation sites is 1. The van der Waals surface area contributed by atoms with Gasteiger partial charge in [-0.15, -0.1) is 0 Å². The Hall–Kier alpha value is -7.32. The summed E-state index contributed by atoms with van der Waals surface area (Å²) < 4.78 is 51.9. The number of likely N-dealkylation sites (N-methyl/N-ethyl adjacent to an activating group) is 2. The number of aromatic nitrogens is 3. The smallest absolute Gasteiger partial charge is 0.303 e. The van der Waals surface area contributed by atoms with Gasteiger partial charge in [-0.25, -0.2) is 4.98 Å². The summed E-state index contributed by atoms with van der Waals surface area (Å²) >= 11 is 0. The Bertz CT molecular complexity index is 3330. The topological polar surface area (TPSA) is 161 Å². The van der Waals surface area contributed by atoms with E-state index >= 15 is 0 Å². The van der Waals surface area contributed by atoms with E-state index in [4.69, 9.17) is 42.9 Å². The van der Waals surface area contributed by atoms with Crippen molar-refractivity contribution in [2.45, 2.75) is 84.3 Å². The van der Waals surface area contributed by atoms with E-state index in [0.29, 0.717) is 18.8 Å². The Kier molecular flexibility index (Phi) is 16.0. The quantitative estimate of drug-likeness (QED) is 0.0484. The minimum Gasteiger partial charge on any atom is -0.494 e. The molecule has 6 heterocycles. The summed E-state index contributed by atoms with van der Waals surface area (Å²) in [6.45, 7) is 16.5. The number of fused-ring (bicyclic) bond motifs is 4. The first-order valence-corrected chi connectivity index (χ1v) is 27.8. The highest BCUT2D eigenvalue weighted by Crippen LogP contribution is 2.43. The van der Waals surface area contributed by atoms with E-state index in [0.717, 1.165) is 98.5 Å². The average Bonchev–Trinajstić information content (AvgIpc) is 4.27. The largest absolute Gasteiger partial charge is 0.494 e. The standard InChI is InChI=1S/C62H71N7O11/c1-8-68-52-13-10-9-12-50(52)51-38-45(18-27-53(51)68)60-63-55(43-14-19-46(20-15-43)66-32-28-64(6)29-33-66)56(44-16-21-47(22-17-44)67-34-30-65(7)31-35-67)69(60)48-23-25-49(26-24-48)73-36-11-37-75-62(5)79-59-58(77-42(4)72)57(76-41(3)71)54(39-74-40(2)70)78-61(59)80-62/h9-10,12-27,38,54,57-59,61H,8,11,28-37,39H2,1-7H3/t54-,57-,58+,59-,61-,62?/m1/s1. The summed E-state index contributed by atoms with van der Waals surface area (Å²) in [6.07, 6.45) is -4.97. The SMILES string of the molecule is CCn1c2ccccc2c2cc(-c3nc(-c4ccc(N5CCN(C)CC5)cc4)c(-c4ccc(N5CCN(C)CC5)cc4)n3-c3ccc(OCCCOC4(C)O[C@H]5O[C@H](COC(C)=O)[C@@H](OC(C)=O)[C@H](OC(C)=O)[C@H]5O4)cc3)ccc21. The Morgan fingerprint density at radius 1 is 0.637 bits per heavy atom. The normalized spacial score (nSPS) is 22.6. The summed E-state index contributed by atoms with van der Waals surface area (Å²) in [5.74, 6) is -1.99. The van der Waals surface area contributed by atoms with Gasteiger partial charge in [0, 0.05) is 149 Å². The molecule has 18 nitrogen and oxygen atoms in total. The zero-order chi connectivity index (χ0) is 55.7. The summed E-state index contributed by atoms with van der Waals surface area (Å²) in [7, 11) is 4.36. The fourth-order valence-electron chi connectivity index (χ4n) is 11.5. The molecule has 1 unspecified atom stereocenters. The molecule has 5 aromatic carbocycles. The second-order valence-corrected chi connectivity index (χ2v) is 21.2. The zero-order valence-corrected chi connectivity index (χ0v) is 46.7. The molecule has 0 bridgehead atoms. The van der Waals surface area contributed by atoms with Gasteiger partial charge < -0.3 is 57.3 Å². The maximum absolute atomic E-state index is 12.3. The van der Waals surface area contributed by atoms with Crippen molar-refractivity contribution >= 4 is 51.1 Å². The molecule has 80 heavy (non-hydrogen) atoms. The molecular formula is C62H71N7O11. The van der Waals surface area contributed by atoms with Crippen LogP contribution in [-0.2, 0) is 54.1 Å². The molecule has 0 radical (unpaired) electrons. The molecule has 18 heteroatoms. The Morgan fingerprint density at radius 3 is 1.85 bits per heavy atom. The second-order valence-electron chi connectivity index (χ2n) is 21.2. The number of carbonyl (C=O) groups is 3. The van der Waals surface area contributed by atoms with E-state index in [-0.39, 0.29) is 13.2 Å². The van der Waals surface area contributed by atoms with E-state index < -0.39 is 54.6 Å². The lowest BCUT2D eigenvalue weighted by atomic mass is 9.98. The van der Waals surface area contributed by atoms with Gasteiger partial charge in [0.05, 0.1) is 24.6 Å². The Balaban J connectivity index is 0.884. The van der Waals surface area contributed by atoms with Crippen LogP contribution in [0.1, 0.15) is 41.0 Å². The molecule has 11 rings (SSSR count). The van der Waals surface area contributed by atoms with Gasteiger partial charge in [-0.2, -0.15) is 0 Å². The molecule has 2 aromatic heterocycles. The van der Waals surface area contributed by atoms with Crippen LogP contribution < -0.4 is 14.5 Å². The van der Waals surface area contributed by atoms with Crippen molar-refractivity contribution in [2.24, 2.45) is 0 Å². The van der Waals surface area contributed by atoms with Gasteiger partial charge in [0.1, 0.15) is 24.3 Å². The monoisotopic (exact) mass is 1090 g/mol. The molecule has 0 saturated carbocycles. The number of aryl methyl sites for hydroxylation is 1. The molecule has 0 aliphatic carbocycles. The number of esters is 3. The molecule has 0 spiro atoms. The molecule has 420 valence electrons. The third kappa shape index (κ3) is 11.5. The van der Waals surface area contributed by atoms with Crippen LogP contribution in [0, 0.1) is 0 Å². The highest BCUT2D eigenvalue weighted by Gasteiger charge is 2.59. The number of hydrogen-bond donors (Lipinski definition) is 0. The van der Waals surface area contributed by atoms with Crippen molar-refractivity contribution in [3.8, 4) is 45.3 Å². The van der Waals surface area contributed by atoms with E-state index in [2.05, 4.69) is 153 Å². The number of piperazine rings is 2. The van der Waals surface area contributed by atoms with E-state index in [1.807, 2.05) is 12.1 Å². The van der Waals surface area contributed by atoms with Gasteiger partial charge in [-0.3, -0.25) is 23.7 Å². The van der Waals surface area contributed by atoms with Gasteiger partial charge in [-0.1, -0.05) is 42.5 Å². The lowest BCUT2D eigenvalue weighted by Gasteiger charge is -2.40. The third-order valence-electron chi connectivity index (χ3n) is 15.6. The molecule has 4 saturated heterocycles. The van der Waals surface area contributed by atoms with Crippen molar-refractivity contribution in [3.63, 3.8) is 0 Å². The van der Waals surface area contributed by atoms with Crippen LogP contribution in [0.2, 0.25) is 0 Å². The number of rotatable bonds is 17. The van der Waals surface area contributed by atoms with Gasteiger partial charge in [0.15, 0.2) is 24.6 Å². The number of imidazole rings is 1. The first-order chi connectivity index (χ1) is 38.7. The molecule has 7 aromatic rings. The highest BCUT2D eigenvalue weighted by molar-refractivity contribution is 6.09. The average molecular weight is 1090 g/mol. The minimum atomic E-state index is -1.62. The van der Waals surface area contributed by atoms with E-state index in [1.54, 1.807) is 6.92 Å². The summed E-state index contributed by atoms with van der Waals surface area (Å²) in [4.78, 5) is 51.5. The predicted octanol–water partition coefficient (Wildman–Crippen LogP) is 8.53. The maximum Gasteiger partial charge on any atom is 0.303 e. The number of benzene rings is 5. The lowest BCUT2D eigenvalue weighted by molar-refractivity contribution is -0.344. The van der Waals surface area contributed by atoms with Crippen LogP contribution in [-0.4, -0.2) is 165 Å². The third-order valence-corrected chi connectivity index (χ3v) is 15.6. The van der Waals surface area contributed by atoms with Crippen LogP contribution in [0.4, 0.5) is 11.4 Å². The molecule has 4 aliphatic rings. The number of ether oxygens (including phenoxy) is 8. The molecule has 4 fully saturated rings. The Morgan fingerprint density at radius 2 is 1.23 bits per heavy atom. The summed E-state index contributed by atoms with van der Waals surface area (Å²) in [5.41, 5.74) is 10.6. The fraction of sp³-hybridized carbons (Fsp3) is 0.419. The van der Waals surface area contributed by atoms with E-state index in [1.165, 1.54) is 54.0 Å². The number of nitrogens with zero attached hydrogens (tertiary/aromatic N) is 7. The molecule has 6 atom stereocenters. The van der Waals surface area contributed by atoms with Crippen molar-refractivity contribution in [3.05, 3.63) is 115 Å². The lowest BCUT2D eigenvalue weighted by Crippen LogP contribution is -2.60. The minimum absolute atomic E-state index is 0.159. The highest BCUT2D eigenvalue weighted by atomic mass is 16.9. The molecule has 0 amide bonds. The van der Waals surface area contributed by atoms with Gasteiger partial charge >= 0.3 is 17.9 Å². The zero-order valence-electron chi connectivity index (χ0n) is 46.7. The van der Waals surface area contributed by atoms with Crippen molar-refractivity contribution in [2.75, 3.05) is 96.1 Å². The molecule has 0 N–H and O–H groups in total. The Labute approximate surface area is 466 Å². The first-order valence-electron chi connectivity index (χ1n) is 27.8. The molecule has 4 aliphatic heterocycles. The van der Waals surface area contributed by atoms with Gasteiger partial charge in [0.2, 0.25) is 0 Å². The van der Waals surface area contributed by atoms with Crippen molar-refractivity contribution < 1.29 is 52.3 Å². The van der Waals surface area contributed by atoms with Crippen LogP contribution in [0.5, 0.6) is 5.75 Å². The number of hydrogen-bond acceptors (Lipinski definition) is 16. The summed E-state index contributed by atoms with van der Waals surface area (Å²) in [6, 6.07) is 41.4. The van der Waals surface area contributed by atoms with Crippen molar-refractivity contribution in [1.82, 2.24) is 23.9 Å².